The van der Waals surface area contributed by atoms with Crippen LogP contribution in [0.25, 0.3) is 0 Å². The van der Waals surface area contributed by atoms with Gasteiger partial charge in [0.25, 0.3) is 11.8 Å². The normalized spacial score (nSPS) is 12.2. The minimum absolute atomic E-state index is 0.140. The van der Waals surface area contributed by atoms with E-state index < -0.39 is 6.10 Å². The first kappa shape index (κ1) is 11.5. The molecule has 1 aromatic heterocycles. The lowest BCUT2D eigenvalue weighted by Gasteiger charge is -2.06. The van der Waals surface area contributed by atoms with Crippen molar-refractivity contribution < 1.29 is 19.2 Å². The van der Waals surface area contributed by atoms with E-state index in [0.29, 0.717) is 5.76 Å². The number of carbonyl (C=O) groups is 1. The van der Waals surface area contributed by atoms with Crippen molar-refractivity contribution >= 4 is 5.91 Å². The summed E-state index contributed by atoms with van der Waals surface area (Å²) in [4.78, 5) is 11.1. The Morgan fingerprint density at radius 2 is 2.53 bits per heavy atom. The smallest absolute Gasteiger partial charge is 0.258 e. The van der Waals surface area contributed by atoms with E-state index in [-0.39, 0.29) is 24.9 Å². The fourth-order valence-electron chi connectivity index (χ4n) is 0.864. The van der Waals surface area contributed by atoms with Gasteiger partial charge in [0.05, 0.1) is 6.10 Å². The van der Waals surface area contributed by atoms with Crippen molar-refractivity contribution in [2.75, 3.05) is 13.2 Å². The molecular formula is C9H14N2O4. The fraction of sp³-hybridized carbons (Fsp3) is 0.556. The standard InChI is InChI=1S/C9H14N2O4/c1-6(12)4-10-8(13)5-14-9-3-7(2)15-11-9/h3,6,12H,4-5H2,1-2H3,(H,10,13)/t6-/m1/s1. The third kappa shape index (κ3) is 4.46. The summed E-state index contributed by atoms with van der Waals surface area (Å²) in [6, 6.07) is 1.59. The Morgan fingerprint density at radius 1 is 1.80 bits per heavy atom. The topological polar surface area (TPSA) is 84.6 Å². The van der Waals surface area contributed by atoms with Crippen LogP contribution in [-0.4, -0.2) is 35.4 Å². The highest BCUT2D eigenvalue weighted by molar-refractivity contribution is 5.77. The molecule has 0 spiro atoms. The van der Waals surface area contributed by atoms with Crippen LogP contribution in [0, 0.1) is 6.92 Å². The Kier molecular flexibility index (Phi) is 4.11. The molecule has 15 heavy (non-hydrogen) atoms. The number of nitrogens with zero attached hydrogens (tertiary/aromatic N) is 1. The Hall–Kier alpha value is -1.56. The van der Waals surface area contributed by atoms with Gasteiger partial charge < -0.3 is 19.7 Å². The molecule has 0 aliphatic heterocycles. The zero-order valence-corrected chi connectivity index (χ0v) is 8.69. The molecule has 0 aliphatic carbocycles. The lowest BCUT2D eigenvalue weighted by atomic mass is 10.4. The number of aliphatic hydroxyl groups excluding tert-OH is 1. The van der Waals surface area contributed by atoms with Crippen molar-refractivity contribution in [3.8, 4) is 5.88 Å². The van der Waals surface area contributed by atoms with Gasteiger partial charge in [-0.2, -0.15) is 0 Å². The summed E-state index contributed by atoms with van der Waals surface area (Å²) < 4.78 is 9.77. The molecule has 6 heteroatoms. The van der Waals surface area contributed by atoms with Crippen molar-refractivity contribution in [1.82, 2.24) is 10.5 Å². The molecule has 6 nitrogen and oxygen atoms in total. The number of hydrogen-bond acceptors (Lipinski definition) is 5. The van der Waals surface area contributed by atoms with Crippen LogP contribution in [0.5, 0.6) is 5.88 Å². The number of aryl methyl sites for hydroxylation is 1. The van der Waals surface area contributed by atoms with E-state index in [1.807, 2.05) is 0 Å². The Labute approximate surface area is 87.2 Å². The summed E-state index contributed by atoms with van der Waals surface area (Å²) in [6.45, 7) is 3.38. The van der Waals surface area contributed by atoms with E-state index in [1.54, 1.807) is 19.9 Å². The molecule has 0 bridgehead atoms. The van der Waals surface area contributed by atoms with Gasteiger partial charge >= 0.3 is 0 Å². The van der Waals surface area contributed by atoms with Crippen LogP contribution in [0.4, 0.5) is 0 Å². The van der Waals surface area contributed by atoms with Crippen molar-refractivity contribution in [1.29, 1.82) is 0 Å². The average Bonchev–Trinajstić information content (AvgIpc) is 2.58. The Balaban J connectivity index is 2.22. The lowest BCUT2D eigenvalue weighted by Crippen LogP contribution is -2.34. The minimum Gasteiger partial charge on any atom is -0.465 e. The largest absolute Gasteiger partial charge is 0.465 e. The van der Waals surface area contributed by atoms with Crippen molar-refractivity contribution in [2.24, 2.45) is 0 Å². The summed E-state index contributed by atoms with van der Waals surface area (Å²) in [7, 11) is 0. The average molecular weight is 214 g/mol. The van der Waals surface area contributed by atoms with E-state index in [0.717, 1.165) is 0 Å². The second-order valence-electron chi connectivity index (χ2n) is 3.22. The fourth-order valence-corrected chi connectivity index (χ4v) is 0.864. The number of amides is 1. The van der Waals surface area contributed by atoms with Gasteiger partial charge in [-0.05, 0) is 19.0 Å². The predicted molar refractivity (Wildman–Crippen MR) is 51.4 cm³/mol. The maximum Gasteiger partial charge on any atom is 0.258 e. The number of rotatable bonds is 5. The molecule has 1 heterocycles. The molecule has 1 atom stereocenters. The minimum atomic E-state index is -0.566. The summed E-state index contributed by atoms with van der Waals surface area (Å²) in [6.07, 6.45) is -0.566. The van der Waals surface area contributed by atoms with Crippen LogP contribution in [0.1, 0.15) is 12.7 Å². The SMILES string of the molecule is Cc1cc(OCC(=O)NC[C@@H](C)O)no1. The molecule has 1 aromatic rings. The monoisotopic (exact) mass is 214 g/mol. The van der Waals surface area contributed by atoms with E-state index in [4.69, 9.17) is 14.4 Å². The van der Waals surface area contributed by atoms with Gasteiger partial charge in [-0.1, -0.05) is 0 Å². The highest BCUT2D eigenvalue weighted by Gasteiger charge is 2.06. The first-order chi connectivity index (χ1) is 7.08. The molecule has 0 unspecified atom stereocenters. The molecule has 1 amide bonds. The van der Waals surface area contributed by atoms with Crippen LogP contribution in [0.2, 0.25) is 0 Å². The third-order valence-electron chi connectivity index (χ3n) is 1.55. The quantitative estimate of drug-likeness (QED) is 0.712. The number of ether oxygens (including phenoxy) is 1. The molecule has 0 saturated carbocycles. The first-order valence-electron chi connectivity index (χ1n) is 4.59. The highest BCUT2D eigenvalue weighted by Crippen LogP contribution is 2.08. The molecule has 0 aliphatic rings. The third-order valence-corrected chi connectivity index (χ3v) is 1.55. The molecule has 2 N–H and O–H groups in total. The second-order valence-corrected chi connectivity index (χ2v) is 3.22. The van der Waals surface area contributed by atoms with Gasteiger partial charge in [0, 0.05) is 12.6 Å². The van der Waals surface area contributed by atoms with E-state index in [9.17, 15) is 4.79 Å². The van der Waals surface area contributed by atoms with E-state index in [2.05, 4.69) is 10.5 Å². The molecular weight excluding hydrogens is 200 g/mol. The van der Waals surface area contributed by atoms with Crippen LogP contribution < -0.4 is 10.1 Å². The summed E-state index contributed by atoms with van der Waals surface area (Å²) in [5, 5.41) is 15.0. The lowest BCUT2D eigenvalue weighted by molar-refractivity contribution is -0.123. The van der Waals surface area contributed by atoms with Crippen molar-refractivity contribution in [3.05, 3.63) is 11.8 Å². The number of hydrogen-bond donors (Lipinski definition) is 2. The summed E-state index contributed by atoms with van der Waals surface area (Å²) in [5.74, 6) is 0.589. The molecule has 0 fully saturated rings. The Bertz CT molecular complexity index is 322. The molecule has 1 rings (SSSR count). The maximum absolute atomic E-state index is 11.1. The Morgan fingerprint density at radius 3 is 3.07 bits per heavy atom. The number of carbonyl (C=O) groups excluding carboxylic acids is 1. The highest BCUT2D eigenvalue weighted by atomic mass is 16.5. The zero-order valence-electron chi connectivity index (χ0n) is 8.69. The summed E-state index contributed by atoms with van der Waals surface area (Å²) >= 11 is 0. The van der Waals surface area contributed by atoms with E-state index in [1.165, 1.54) is 0 Å². The molecule has 0 radical (unpaired) electrons. The van der Waals surface area contributed by atoms with Gasteiger partial charge in [-0.3, -0.25) is 4.79 Å². The number of nitrogens with one attached hydrogen (secondary N) is 1. The zero-order chi connectivity index (χ0) is 11.3. The number of aliphatic hydroxyl groups is 1. The van der Waals surface area contributed by atoms with Gasteiger partial charge in [0.1, 0.15) is 5.76 Å². The van der Waals surface area contributed by atoms with Crippen molar-refractivity contribution in [3.63, 3.8) is 0 Å². The van der Waals surface area contributed by atoms with Crippen LogP contribution in [0.15, 0.2) is 10.6 Å². The summed E-state index contributed by atoms with van der Waals surface area (Å²) in [5.41, 5.74) is 0. The van der Waals surface area contributed by atoms with Crippen LogP contribution in [-0.2, 0) is 4.79 Å². The van der Waals surface area contributed by atoms with Gasteiger partial charge in [-0.25, -0.2) is 0 Å². The first-order valence-corrected chi connectivity index (χ1v) is 4.59. The molecule has 0 aromatic carbocycles. The second kappa shape index (κ2) is 5.35. The van der Waals surface area contributed by atoms with E-state index >= 15 is 0 Å². The van der Waals surface area contributed by atoms with Gasteiger partial charge in [-0.15, -0.1) is 0 Å². The number of aromatic nitrogens is 1. The molecule has 84 valence electrons. The predicted octanol–water partition coefficient (Wildman–Crippen LogP) is -0.141. The van der Waals surface area contributed by atoms with Gasteiger partial charge in [0.2, 0.25) is 0 Å². The molecule has 0 saturated heterocycles. The van der Waals surface area contributed by atoms with Crippen LogP contribution >= 0.6 is 0 Å². The maximum atomic E-state index is 11.1. The van der Waals surface area contributed by atoms with Crippen molar-refractivity contribution in [2.45, 2.75) is 20.0 Å². The van der Waals surface area contributed by atoms with Crippen LogP contribution in [0.3, 0.4) is 0 Å². The van der Waals surface area contributed by atoms with Gasteiger partial charge in [0.15, 0.2) is 6.61 Å².